The Labute approximate surface area is 119 Å². The van der Waals surface area contributed by atoms with Gasteiger partial charge < -0.3 is 10.1 Å². The first-order chi connectivity index (χ1) is 9.08. The Balaban J connectivity index is 2.21. The van der Waals surface area contributed by atoms with Crippen LogP contribution < -0.4 is 10.1 Å². The molecule has 0 spiro atoms. The second-order valence-corrected chi connectivity index (χ2v) is 4.64. The third kappa shape index (κ3) is 3.64. The molecular formula is C13H13BrFN3O. The Kier molecular flexibility index (Phi) is 4.31. The lowest BCUT2D eigenvalue weighted by Gasteiger charge is -2.09. The van der Waals surface area contributed by atoms with Gasteiger partial charge in [-0.25, -0.2) is 14.4 Å². The van der Waals surface area contributed by atoms with Crippen LogP contribution in [0.15, 0.2) is 28.9 Å². The third-order valence-corrected chi connectivity index (χ3v) is 2.72. The molecule has 0 amide bonds. The van der Waals surface area contributed by atoms with E-state index in [4.69, 9.17) is 4.74 Å². The minimum absolute atomic E-state index is 0.244. The summed E-state index contributed by atoms with van der Waals surface area (Å²) in [6, 6.07) is 6.42. The standard InChI is InChI=1S/C13H13BrFN3O/c1-3-19-11-5-4-9(6-10(11)15)18-13-7-12(14)16-8(2)17-13/h4-7H,3H2,1-2H3,(H,16,17,18). The van der Waals surface area contributed by atoms with Gasteiger partial charge in [-0.05, 0) is 41.9 Å². The lowest BCUT2D eigenvalue weighted by molar-refractivity contribution is 0.321. The van der Waals surface area contributed by atoms with Crippen LogP contribution in [-0.4, -0.2) is 16.6 Å². The van der Waals surface area contributed by atoms with Gasteiger partial charge in [0.25, 0.3) is 0 Å². The van der Waals surface area contributed by atoms with E-state index in [2.05, 4.69) is 31.2 Å². The van der Waals surface area contributed by atoms with Crippen molar-refractivity contribution in [3.8, 4) is 5.75 Å². The number of ether oxygens (including phenoxy) is 1. The van der Waals surface area contributed by atoms with Gasteiger partial charge >= 0.3 is 0 Å². The van der Waals surface area contributed by atoms with Gasteiger partial charge in [0.2, 0.25) is 0 Å². The van der Waals surface area contributed by atoms with Gasteiger partial charge in [-0.15, -0.1) is 0 Å². The van der Waals surface area contributed by atoms with Gasteiger partial charge in [-0.1, -0.05) is 0 Å². The van der Waals surface area contributed by atoms with Crippen molar-refractivity contribution in [2.75, 3.05) is 11.9 Å². The Morgan fingerprint density at radius 2 is 2.11 bits per heavy atom. The molecule has 100 valence electrons. The summed E-state index contributed by atoms with van der Waals surface area (Å²) in [6.07, 6.45) is 0. The summed E-state index contributed by atoms with van der Waals surface area (Å²) >= 11 is 3.29. The number of halogens is 2. The van der Waals surface area contributed by atoms with Crippen LogP contribution in [0.25, 0.3) is 0 Å². The van der Waals surface area contributed by atoms with Gasteiger partial charge in [-0.2, -0.15) is 0 Å². The molecule has 0 aliphatic heterocycles. The van der Waals surface area contributed by atoms with Crippen molar-refractivity contribution >= 4 is 27.4 Å². The summed E-state index contributed by atoms with van der Waals surface area (Å²) in [5.74, 6) is 1.07. The molecule has 0 saturated heterocycles. The van der Waals surface area contributed by atoms with Crippen molar-refractivity contribution in [1.82, 2.24) is 9.97 Å². The lowest BCUT2D eigenvalue weighted by Crippen LogP contribution is -1.99. The maximum absolute atomic E-state index is 13.7. The molecule has 0 radical (unpaired) electrons. The SMILES string of the molecule is CCOc1ccc(Nc2cc(Br)nc(C)n2)cc1F. The van der Waals surface area contributed by atoms with Crippen LogP contribution in [0, 0.1) is 12.7 Å². The number of hydrogen-bond donors (Lipinski definition) is 1. The molecule has 1 aromatic carbocycles. The molecule has 1 aromatic heterocycles. The number of hydrogen-bond acceptors (Lipinski definition) is 4. The van der Waals surface area contributed by atoms with Crippen LogP contribution in [0.5, 0.6) is 5.75 Å². The normalized spacial score (nSPS) is 10.3. The van der Waals surface area contributed by atoms with Crippen molar-refractivity contribution < 1.29 is 9.13 Å². The van der Waals surface area contributed by atoms with E-state index in [9.17, 15) is 4.39 Å². The summed E-state index contributed by atoms with van der Waals surface area (Å²) in [7, 11) is 0. The predicted molar refractivity (Wildman–Crippen MR) is 75.3 cm³/mol. The van der Waals surface area contributed by atoms with Crippen molar-refractivity contribution in [2.45, 2.75) is 13.8 Å². The van der Waals surface area contributed by atoms with E-state index in [1.165, 1.54) is 6.07 Å². The fourth-order valence-corrected chi connectivity index (χ4v) is 2.07. The van der Waals surface area contributed by atoms with E-state index >= 15 is 0 Å². The van der Waals surface area contributed by atoms with Gasteiger partial charge in [0.05, 0.1) is 6.61 Å². The first kappa shape index (κ1) is 13.7. The number of nitrogens with zero attached hydrogens (tertiary/aromatic N) is 2. The quantitative estimate of drug-likeness (QED) is 0.868. The molecule has 1 heterocycles. The third-order valence-electron chi connectivity index (χ3n) is 2.31. The van der Waals surface area contributed by atoms with E-state index in [1.54, 1.807) is 25.1 Å². The summed E-state index contributed by atoms with van der Waals surface area (Å²) in [5, 5.41) is 3.02. The first-order valence-corrected chi connectivity index (χ1v) is 6.58. The molecule has 2 aromatic rings. The highest BCUT2D eigenvalue weighted by Gasteiger charge is 2.06. The highest BCUT2D eigenvalue weighted by Crippen LogP contribution is 2.24. The van der Waals surface area contributed by atoms with Gasteiger partial charge in [0, 0.05) is 17.8 Å². The largest absolute Gasteiger partial charge is 0.491 e. The molecule has 1 N–H and O–H groups in total. The molecule has 0 aliphatic rings. The summed E-state index contributed by atoms with van der Waals surface area (Å²) in [5.41, 5.74) is 0.603. The van der Waals surface area contributed by atoms with E-state index < -0.39 is 5.82 Å². The molecule has 0 aliphatic carbocycles. The molecule has 0 unspecified atom stereocenters. The highest BCUT2D eigenvalue weighted by molar-refractivity contribution is 9.10. The predicted octanol–water partition coefficient (Wildman–Crippen LogP) is 3.83. The average Bonchev–Trinajstić information content (AvgIpc) is 2.31. The molecular weight excluding hydrogens is 313 g/mol. The molecule has 2 rings (SSSR count). The van der Waals surface area contributed by atoms with Crippen molar-refractivity contribution in [2.24, 2.45) is 0 Å². The zero-order chi connectivity index (χ0) is 13.8. The van der Waals surface area contributed by atoms with E-state index in [-0.39, 0.29) is 5.75 Å². The number of anilines is 2. The lowest BCUT2D eigenvalue weighted by atomic mass is 10.3. The molecule has 6 heteroatoms. The van der Waals surface area contributed by atoms with Gasteiger partial charge in [0.1, 0.15) is 16.2 Å². The molecule has 4 nitrogen and oxygen atoms in total. The second-order valence-electron chi connectivity index (χ2n) is 3.83. The maximum atomic E-state index is 13.7. The maximum Gasteiger partial charge on any atom is 0.167 e. The van der Waals surface area contributed by atoms with E-state index in [0.717, 1.165) is 0 Å². The second kappa shape index (κ2) is 5.97. The summed E-state index contributed by atoms with van der Waals surface area (Å²) in [4.78, 5) is 8.32. The minimum atomic E-state index is -0.406. The van der Waals surface area contributed by atoms with Gasteiger partial charge in [-0.3, -0.25) is 0 Å². The number of aromatic nitrogens is 2. The minimum Gasteiger partial charge on any atom is -0.491 e. The molecule has 0 bridgehead atoms. The molecule has 0 fully saturated rings. The Bertz CT molecular complexity index is 572. The summed E-state index contributed by atoms with van der Waals surface area (Å²) < 4.78 is 19.5. The van der Waals surface area contributed by atoms with E-state index in [0.29, 0.717) is 28.5 Å². The zero-order valence-electron chi connectivity index (χ0n) is 10.6. The topological polar surface area (TPSA) is 47.0 Å². The van der Waals surface area contributed by atoms with Gasteiger partial charge in [0.15, 0.2) is 11.6 Å². The van der Waals surface area contributed by atoms with Crippen LogP contribution in [0.3, 0.4) is 0 Å². The number of benzene rings is 1. The monoisotopic (exact) mass is 325 g/mol. The van der Waals surface area contributed by atoms with Crippen LogP contribution in [-0.2, 0) is 0 Å². The fraction of sp³-hybridized carbons (Fsp3) is 0.231. The Morgan fingerprint density at radius 1 is 1.32 bits per heavy atom. The van der Waals surface area contributed by atoms with Crippen molar-refractivity contribution in [3.63, 3.8) is 0 Å². The van der Waals surface area contributed by atoms with Crippen LogP contribution in [0.1, 0.15) is 12.7 Å². The number of nitrogens with one attached hydrogen (secondary N) is 1. The zero-order valence-corrected chi connectivity index (χ0v) is 12.2. The van der Waals surface area contributed by atoms with Crippen LogP contribution >= 0.6 is 15.9 Å². The van der Waals surface area contributed by atoms with Crippen LogP contribution in [0.4, 0.5) is 15.9 Å². The Morgan fingerprint density at radius 3 is 2.74 bits per heavy atom. The van der Waals surface area contributed by atoms with Crippen LogP contribution in [0.2, 0.25) is 0 Å². The number of rotatable bonds is 4. The summed E-state index contributed by atoms with van der Waals surface area (Å²) in [6.45, 7) is 4.03. The molecule has 0 atom stereocenters. The fourth-order valence-electron chi connectivity index (χ4n) is 1.59. The average molecular weight is 326 g/mol. The highest BCUT2D eigenvalue weighted by atomic mass is 79.9. The van der Waals surface area contributed by atoms with Crippen molar-refractivity contribution in [3.05, 3.63) is 40.5 Å². The first-order valence-electron chi connectivity index (χ1n) is 5.79. The smallest absolute Gasteiger partial charge is 0.167 e. The Hall–Kier alpha value is -1.69. The molecule has 19 heavy (non-hydrogen) atoms. The molecule has 0 saturated carbocycles. The number of aryl methyl sites for hydroxylation is 1. The van der Waals surface area contributed by atoms with E-state index in [1.807, 2.05) is 6.92 Å². The van der Waals surface area contributed by atoms with Crippen molar-refractivity contribution in [1.29, 1.82) is 0 Å².